The van der Waals surface area contributed by atoms with E-state index < -0.39 is 17.7 Å². The second-order valence-corrected chi connectivity index (χ2v) is 6.64. The molecule has 0 radical (unpaired) electrons. The molecule has 8 nitrogen and oxygen atoms in total. The molecule has 0 spiro atoms. The number of nitrogens with zero attached hydrogens (tertiary/aromatic N) is 1. The number of amides is 3. The third kappa shape index (κ3) is 5.04. The van der Waals surface area contributed by atoms with Gasteiger partial charge in [0.2, 0.25) is 0 Å². The Balaban J connectivity index is 1.46. The van der Waals surface area contributed by atoms with Crippen LogP contribution in [0.4, 0.5) is 0 Å². The molecule has 0 aliphatic rings. The minimum absolute atomic E-state index is 0.193. The highest BCUT2D eigenvalue weighted by atomic mass is 79.9. The first kappa shape index (κ1) is 19.3. The Morgan fingerprint density at radius 1 is 0.929 bits per heavy atom. The number of benzene rings is 2. The monoisotopic (exact) mass is 441 g/mol. The number of aromatic nitrogens is 2. The number of rotatable bonds is 5. The van der Waals surface area contributed by atoms with Crippen LogP contribution < -0.4 is 16.2 Å². The predicted molar refractivity (Wildman–Crippen MR) is 106 cm³/mol. The fraction of sp³-hybridized carbons (Fsp3) is 0.0526. The molecule has 0 saturated heterocycles. The molecule has 1 aromatic heterocycles. The van der Waals surface area contributed by atoms with E-state index in [1.807, 2.05) is 30.3 Å². The number of hydrogen-bond donors (Lipinski definition) is 4. The first-order valence-corrected chi connectivity index (χ1v) is 9.06. The average Bonchev–Trinajstić information content (AvgIpc) is 3.22. The van der Waals surface area contributed by atoms with E-state index in [0.29, 0.717) is 11.3 Å². The maximum Gasteiger partial charge on any atom is 0.287 e. The molecule has 2 aromatic carbocycles. The lowest BCUT2D eigenvalue weighted by Gasteiger charge is -2.07. The maximum absolute atomic E-state index is 12.1. The number of halogens is 1. The predicted octanol–water partition coefficient (Wildman–Crippen LogP) is 2.03. The van der Waals surface area contributed by atoms with E-state index in [2.05, 4.69) is 42.3 Å². The standard InChI is InChI=1S/C19H16BrN5O3/c20-14-8-6-13(7-9-14)18(27)21-11-17(26)24-25-19(28)16-10-15(22-23-16)12-4-2-1-3-5-12/h1-10H,11H2,(H,21,27)(H,22,23)(H,24,26)(H,25,28). The third-order valence-electron chi connectivity index (χ3n) is 3.72. The number of H-pyrrole nitrogens is 1. The second-order valence-electron chi connectivity index (χ2n) is 5.72. The van der Waals surface area contributed by atoms with E-state index >= 15 is 0 Å². The largest absolute Gasteiger partial charge is 0.343 e. The Labute approximate surface area is 168 Å². The summed E-state index contributed by atoms with van der Waals surface area (Å²) < 4.78 is 0.846. The van der Waals surface area contributed by atoms with Gasteiger partial charge in [-0.15, -0.1) is 0 Å². The summed E-state index contributed by atoms with van der Waals surface area (Å²) in [6.07, 6.45) is 0. The summed E-state index contributed by atoms with van der Waals surface area (Å²) in [5.41, 5.74) is 6.59. The molecule has 0 saturated carbocycles. The minimum Gasteiger partial charge on any atom is -0.343 e. The van der Waals surface area contributed by atoms with Crippen LogP contribution in [0, 0.1) is 0 Å². The zero-order valence-corrected chi connectivity index (χ0v) is 16.1. The Morgan fingerprint density at radius 2 is 1.64 bits per heavy atom. The molecule has 4 N–H and O–H groups in total. The molecule has 3 aromatic rings. The number of nitrogens with one attached hydrogen (secondary N) is 4. The SMILES string of the molecule is O=C(CNC(=O)c1ccc(Br)cc1)NNC(=O)c1cc(-c2ccccc2)n[nH]1. The first-order chi connectivity index (χ1) is 13.5. The normalized spacial score (nSPS) is 10.2. The lowest BCUT2D eigenvalue weighted by Crippen LogP contribution is -2.46. The molecule has 0 unspecified atom stereocenters. The van der Waals surface area contributed by atoms with Crippen molar-refractivity contribution in [3.8, 4) is 11.3 Å². The van der Waals surface area contributed by atoms with E-state index in [-0.39, 0.29) is 12.2 Å². The van der Waals surface area contributed by atoms with Crippen LogP contribution in [0.25, 0.3) is 11.3 Å². The molecule has 0 aliphatic carbocycles. The lowest BCUT2D eigenvalue weighted by molar-refractivity contribution is -0.120. The smallest absolute Gasteiger partial charge is 0.287 e. The van der Waals surface area contributed by atoms with Crippen LogP contribution in [0.3, 0.4) is 0 Å². The first-order valence-electron chi connectivity index (χ1n) is 8.27. The van der Waals surface area contributed by atoms with Crippen LogP contribution in [-0.2, 0) is 4.79 Å². The van der Waals surface area contributed by atoms with Gasteiger partial charge in [-0.1, -0.05) is 46.3 Å². The fourth-order valence-corrected chi connectivity index (χ4v) is 2.56. The Kier molecular flexibility index (Phi) is 6.18. The van der Waals surface area contributed by atoms with Gasteiger partial charge in [-0.05, 0) is 30.3 Å². The summed E-state index contributed by atoms with van der Waals surface area (Å²) in [5, 5.41) is 9.16. The zero-order valence-electron chi connectivity index (χ0n) is 14.5. The Hall–Kier alpha value is -3.46. The van der Waals surface area contributed by atoms with Crippen LogP contribution in [0.5, 0.6) is 0 Å². The van der Waals surface area contributed by atoms with E-state index in [1.165, 1.54) is 0 Å². The average molecular weight is 442 g/mol. The summed E-state index contributed by atoms with van der Waals surface area (Å²) in [4.78, 5) is 35.9. The zero-order chi connectivity index (χ0) is 19.9. The van der Waals surface area contributed by atoms with Crippen LogP contribution in [0.1, 0.15) is 20.8 Å². The maximum atomic E-state index is 12.1. The second kappa shape index (κ2) is 8.96. The summed E-state index contributed by atoms with van der Waals surface area (Å²) in [6.45, 7) is -0.284. The van der Waals surface area contributed by atoms with Gasteiger partial charge < -0.3 is 5.32 Å². The molecular weight excluding hydrogens is 426 g/mol. The van der Waals surface area contributed by atoms with Gasteiger partial charge in [0.25, 0.3) is 17.7 Å². The molecule has 9 heteroatoms. The molecule has 1 heterocycles. The molecule has 0 bridgehead atoms. The van der Waals surface area contributed by atoms with Crippen LogP contribution in [0.15, 0.2) is 65.1 Å². The van der Waals surface area contributed by atoms with Crippen molar-refractivity contribution in [1.29, 1.82) is 0 Å². The van der Waals surface area contributed by atoms with Crippen molar-refractivity contribution in [3.63, 3.8) is 0 Å². The van der Waals surface area contributed by atoms with Crippen molar-refractivity contribution >= 4 is 33.7 Å². The van der Waals surface area contributed by atoms with Crippen molar-refractivity contribution in [1.82, 2.24) is 26.4 Å². The quantitative estimate of drug-likeness (QED) is 0.453. The molecule has 3 rings (SSSR count). The molecular formula is C19H16BrN5O3. The number of carbonyl (C=O) groups is 3. The van der Waals surface area contributed by atoms with Gasteiger partial charge in [0.1, 0.15) is 5.69 Å². The minimum atomic E-state index is -0.568. The van der Waals surface area contributed by atoms with Gasteiger partial charge in [-0.2, -0.15) is 5.10 Å². The van der Waals surface area contributed by atoms with E-state index in [9.17, 15) is 14.4 Å². The molecule has 28 heavy (non-hydrogen) atoms. The number of carbonyl (C=O) groups excluding carboxylic acids is 3. The molecule has 142 valence electrons. The van der Waals surface area contributed by atoms with Gasteiger partial charge >= 0.3 is 0 Å². The van der Waals surface area contributed by atoms with Crippen molar-refractivity contribution in [3.05, 3.63) is 76.4 Å². The van der Waals surface area contributed by atoms with Crippen molar-refractivity contribution < 1.29 is 14.4 Å². The number of hydrazine groups is 1. The summed E-state index contributed by atoms with van der Waals surface area (Å²) in [6, 6.07) is 17.6. The van der Waals surface area contributed by atoms with Gasteiger partial charge in [0.05, 0.1) is 12.2 Å². The molecule has 3 amide bonds. The molecule has 0 aliphatic heterocycles. The van der Waals surface area contributed by atoms with E-state index in [0.717, 1.165) is 10.0 Å². The van der Waals surface area contributed by atoms with Crippen LogP contribution in [-0.4, -0.2) is 34.5 Å². The highest BCUT2D eigenvalue weighted by Crippen LogP contribution is 2.16. The van der Waals surface area contributed by atoms with Gasteiger partial charge in [0.15, 0.2) is 0 Å². The van der Waals surface area contributed by atoms with Crippen molar-refractivity contribution in [2.75, 3.05) is 6.54 Å². The number of aromatic amines is 1. The molecule has 0 atom stereocenters. The molecule has 0 fully saturated rings. The highest BCUT2D eigenvalue weighted by Gasteiger charge is 2.13. The Bertz CT molecular complexity index is 986. The topological polar surface area (TPSA) is 116 Å². The van der Waals surface area contributed by atoms with Crippen molar-refractivity contribution in [2.45, 2.75) is 0 Å². The van der Waals surface area contributed by atoms with Crippen LogP contribution >= 0.6 is 15.9 Å². The fourth-order valence-electron chi connectivity index (χ4n) is 2.30. The van der Waals surface area contributed by atoms with Crippen molar-refractivity contribution in [2.24, 2.45) is 0 Å². The van der Waals surface area contributed by atoms with Gasteiger partial charge in [-0.25, -0.2) is 0 Å². The van der Waals surface area contributed by atoms with Gasteiger partial charge in [-0.3, -0.25) is 30.3 Å². The number of hydrogen-bond acceptors (Lipinski definition) is 4. The van der Waals surface area contributed by atoms with Gasteiger partial charge in [0, 0.05) is 15.6 Å². The third-order valence-corrected chi connectivity index (χ3v) is 4.25. The van der Waals surface area contributed by atoms with E-state index in [4.69, 9.17) is 0 Å². The highest BCUT2D eigenvalue weighted by molar-refractivity contribution is 9.10. The van der Waals surface area contributed by atoms with Crippen LogP contribution in [0.2, 0.25) is 0 Å². The lowest BCUT2D eigenvalue weighted by atomic mass is 10.1. The van der Waals surface area contributed by atoms with E-state index in [1.54, 1.807) is 30.3 Å². The summed E-state index contributed by atoms with van der Waals surface area (Å²) in [7, 11) is 0. The Morgan fingerprint density at radius 3 is 2.36 bits per heavy atom. The summed E-state index contributed by atoms with van der Waals surface area (Å²) in [5.74, 6) is -1.51. The summed E-state index contributed by atoms with van der Waals surface area (Å²) >= 11 is 3.28.